The van der Waals surface area contributed by atoms with Crippen LogP contribution in [0.3, 0.4) is 0 Å². The molecule has 0 radical (unpaired) electrons. The summed E-state index contributed by atoms with van der Waals surface area (Å²) >= 11 is 3.16. The predicted octanol–water partition coefficient (Wildman–Crippen LogP) is 2.57. The summed E-state index contributed by atoms with van der Waals surface area (Å²) in [6.07, 6.45) is 1.18. The Morgan fingerprint density at radius 3 is 2.78 bits per heavy atom. The minimum atomic E-state index is 0.203. The molecule has 2 heterocycles. The third kappa shape index (κ3) is 2.97. The Balaban J connectivity index is 2.10. The van der Waals surface area contributed by atoms with E-state index in [1.807, 2.05) is 11.8 Å². The first-order chi connectivity index (χ1) is 8.54. The zero-order chi connectivity index (χ0) is 13.2. The van der Waals surface area contributed by atoms with E-state index in [9.17, 15) is 0 Å². The largest absolute Gasteiger partial charge is 0.350 e. The molecule has 2 rings (SSSR count). The number of aromatic nitrogens is 2. The summed E-state index contributed by atoms with van der Waals surface area (Å²) in [5.41, 5.74) is 0.203. The van der Waals surface area contributed by atoms with Crippen LogP contribution in [0.25, 0.3) is 0 Å². The molecule has 102 valence electrons. The SMILES string of the molecule is CCCSc1nsnc1N1CCN(C)C(C)(C)C1. The number of hydrogen-bond acceptors (Lipinski definition) is 6. The van der Waals surface area contributed by atoms with Gasteiger partial charge in [-0.15, -0.1) is 11.8 Å². The molecule has 0 atom stereocenters. The topological polar surface area (TPSA) is 32.3 Å². The van der Waals surface area contributed by atoms with Gasteiger partial charge >= 0.3 is 0 Å². The lowest BCUT2D eigenvalue weighted by Gasteiger charge is -2.45. The fourth-order valence-corrected chi connectivity index (χ4v) is 3.63. The van der Waals surface area contributed by atoms with Gasteiger partial charge in [0.05, 0.1) is 11.7 Å². The van der Waals surface area contributed by atoms with Gasteiger partial charge in [-0.05, 0) is 33.1 Å². The first kappa shape index (κ1) is 14.1. The van der Waals surface area contributed by atoms with Crippen LogP contribution in [0.4, 0.5) is 5.82 Å². The molecular weight excluding hydrogens is 264 g/mol. The summed E-state index contributed by atoms with van der Waals surface area (Å²) in [6.45, 7) is 9.93. The van der Waals surface area contributed by atoms with Crippen LogP contribution in [0.15, 0.2) is 5.03 Å². The molecule has 1 aliphatic rings. The maximum Gasteiger partial charge on any atom is 0.176 e. The van der Waals surface area contributed by atoms with Gasteiger partial charge in [0.1, 0.15) is 0 Å². The molecule has 1 aliphatic heterocycles. The monoisotopic (exact) mass is 286 g/mol. The number of rotatable bonds is 4. The van der Waals surface area contributed by atoms with E-state index in [2.05, 4.69) is 46.4 Å². The van der Waals surface area contributed by atoms with Gasteiger partial charge in [-0.2, -0.15) is 8.75 Å². The Kier molecular flexibility index (Phi) is 4.50. The van der Waals surface area contributed by atoms with Crippen molar-refractivity contribution in [2.75, 3.05) is 37.3 Å². The molecule has 0 N–H and O–H groups in total. The van der Waals surface area contributed by atoms with Crippen molar-refractivity contribution in [2.45, 2.75) is 37.8 Å². The molecule has 4 nitrogen and oxygen atoms in total. The lowest BCUT2D eigenvalue weighted by molar-refractivity contribution is 0.138. The highest BCUT2D eigenvalue weighted by atomic mass is 32.2. The highest BCUT2D eigenvalue weighted by molar-refractivity contribution is 7.99. The fraction of sp³-hybridized carbons (Fsp3) is 0.833. The minimum Gasteiger partial charge on any atom is -0.350 e. The number of nitrogens with zero attached hydrogens (tertiary/aromatic N) is 4. The molecule has 18 heavy (non-hydrogen) atoms. The Labute approximate surface area is 118 Å². The molecule has 1 fully saturated rings. The zero-order valence-electron chi connectivity index (χ0n) is 11.6. The van der Waals surface area contributed by atoms with Crippen molar-refractivity contribution in [1.29, 1.82) is 0 Å². The molecule has 6 heteroatoms. The van der Waals surface area contributed by atoms with Crippen molar-refractivity contribution < 1.29 is 0 Å². The highest BCUT2D eigenvalue weighted by Gasteiger charge is 2.33. The molecule has 0 aliphatic carbocycles. The second-order valence-corrected chi connectivity index (χ2v) is 7.01. The number of thioether (sulfide) groups is 1. The Morgan fingerprint density at radius 2 is 2.11 bits per heavy atom. The Morgan fingerprint density at radius 1 is 1.33 bits per heavy atom. The van der Waals surface area contributed by atoms with Crippen molar-refractivity contribution in [3.63, 3.8) is 0 Å². The minimum absolute atomic E-state index is 0.203. The standard InChI is InChI=1S/C12H22N4S2/c1-5-8-17-11-10(13-18-14-11)16-7-6-15(4)12(2,3)9-16/h5-9H2,1-4H3. The van der Waals surface area contributed by atoms with Gasteiger partial charge in [-0.1, -0.05) is 6.92 Å². The molecule has 0 bridgehead atoms. The third-order valence-corrected chi connectivity index (χ3v) is 5.30. The van der Waals surface area contributed by atoms with Crippen LogP contribution in [0.1, 0.15) is 27.2 Å². The van der Waals surface area contributed by atoms with E-state index in [1.54, 1.807) is 0 Å². The van der Waals surface area contributed by atoms with Gasteiger partial charge in [0, 0.05) is 25.2 Å². The lowest BCUT2D eigenvalue weighted by atomic mass is 10.00. The predicted molar refractivity (Wildman–Crippen MR) is 79.8 cm³/mol. The molecule has 0 aromatic carbocycles. The van der Waals surface area contributed by atoms with Crippen molar-refractivity contribution >= 4 is 29.3 Å². The normalized spacial score (nSPS) is 20.3. The van der Waals surface area contributed by atoms with E-state index in [-0.39, 0.29) is 5.54 Å². The van der Waals surface area contributed by atoms with Gasteiger partial charge in [0.25, 0.3) is 0 Å². The molecule has 0 spiro atoms. The van der Waals surface area contributed by atoms with Crippen LogP contribution in [0, 0.1) is 0 Å². The van der Waals surface area contributed by atoms with E-state index in [1.165, 1.54) is 18.1 Å². The van der Waals surface area contributed by atoms with Crippen molar-refractivity contribution in [3.05, 3.63) is 0 Å². The van der Waals surface area contributed by atoms with Gasteiger partial charge in [-0.3, -0.25) is 4.90 Å². The first-order valence-corrected chi connectivity index (χ1v) is 8.17. The highest BCUT2D eigenvalue weighted by Crippen LogP contribution is 2.31. The second kappa shape index (κ2) is 5.75. The maximum absolute atomic E-state index is 4.50. The smallest absolute Gasteiger partial charge is 0.176 e. The van der Waals surface area contributed by atoms with Crippen LogP contribution in [-0.2, 0) is 0 Å². The second-order valence-electron chi connectivity index (χ2n) is 5.40. The summed E-state index contributed by atoms with van der Waals surface area (Å²) in [6, 6.07) is 0. The quantitative estimate of drug-likeness (QED) is 0.794. The van der Waals surface area contributed by atoms with E-state index < -0.39 is 0 Å². The van der Waals surface area contributed by atoms with E-state index in [4.69, 9.17) is 0 Å². The number of piperazine rings is 1. The molecular formula is C12H22N4S2. The first-order valence-electron chi connectivity index (χ1n) is 6.46. The van der Waals surface area contributed by atoms with E-state index in [0.717, 1.165) is 36.2 Å². The molecule has 0 amide bonds. The summed E-state index contributed by atoms with van der Waals surface area (Å²) in [5, 5.41) is 1.11. The van der Waals surface area contributed by atoms with Crippen LogP contribution in [0.5, 0.6) is 0 Å². The summed E-state index contributed by atoms with van der Waals surface area (Å²) in [7, 11) is 2.20. The summed E-state index contributed by atoms with van der Waals surface area (Å²) in [4.78, 5) is 4.81. The Bertz CT molecular complexity index is 391. The average molecular weight is 286 g/mol. The maximum atomic E-state index is 4.50. The van der Waals surface area contributed by atoms with Crippen LogP contribution < -0.4 is 4.90 Å². The third-order valence-electron chi connectivity index (χ3n) is 3.50. The van der Waals surface area contributed by atoms with Crippen LogP contribution >= 0.6 is 23.5 Å². The van der Waals surface area contributed by atoms with Crippen molar-refractivity contribution in [3.8, 4) is 0 Å². The lowest BCUT2D eigenvalue weighted by Crippen LogP contribution is -2.57. The molecule has 0 unspecified atom stereocenters. The summed E-state index contributed by atoms with van der Waals surface area (Å²) < 4.78 is 8.93. The Hall–Kier alpha value is -0.330. The van der Waals surface area contributed by atoms with Gasteiger partial charge in [-0.25, -0.2) is 0 Å². The van der Waals surface area contributed by atoms with Crippen LogP contribution in [0.2, 0.25) is 0 Å². The average Bonchev–Trinajstić information content (AvgIpc) is 2.78. The number of likely N-dealkylation sites (N-methyl/N-ethyl adjacent to an activating group) is 1. The fourth-order valence-electron chi connectivity index (χ4n) is 2.08. The van der Waals surface area contributed by atoms with Crippen molar-refractivity contribution in [2.24, 2.45) is 0 Å². The van der Waals surface area contributed by atoms with Crippen molar-refractivity contribution in [1.82, 2.24) is 13.6 Å². The van der Waals surface area contributed by atoms with Gasteiger partial charge < -0.3 is 4.90 Å². The van der Waals surface area contributed by atoms with Gasteiger partial charge in [0.2, 0.25) is 0 Å². The van der Waals surface area contributed by atoms with E-state index >= 15 is 0 Å². The molecule has 1 aromatic heterocycles. The number of anilines is 1. The molecule has 1 aromatic rings. The zero-order valence-corrected chi connectivity index (χ0v) is 13.3. The molecule has 0 saturated carbocycles. The number of hydrogen-bond donors (Lipinski definition) is 0. The van der Waals surface area contributed by atoms with Gasteiger partial charge in [0.15, 0.2) is 10.8 Å². The summed E-state index contributed by atoms with van der Waals surface area (Å²) in [5.74, 6) is 2.22. The molecule has 1 saturated heterocycles. The van der Waals surface area contributed by atoms with Crippen LogP contribution in [-0.4, -0.2) is 51.6 Å². The van der Waals surface area contributed by atoms with E-state index in [0.29, 0.717) is 0 Å².